The van der Waals surface area contributed by atoms with Crippen LogP contribution in [-0.4, -0.2) is 17.2 Å². The fraction of sp³-hybridized carbons (Fsp3) is 0.118. The Morgan fingerprint density at radius 3 is 2.43 bits per heavy atom. The van der Waals surface area contributed by atoms with E-state index in [1.807, 2.05) is 42.5 Å². The van der Waals surface area contributed by atoms with Gasteiger partial charge in [0.15, 0.2) is 0 Å². The van der Waals surface area contributed by atoms with Crippen molar-refractivity contribution in [1.29, 1.82) is 0 Å². The van der Waals surface area contributed by atoms with Crippen LogP contribution in [0.1, 0.15) is 5.56 Å². The van der Waals surface area contributed by atoms with Gasteiger partial charge in [0, 0.05) is 10.9 Å². The largest absolute Gasteiger partial charge is 0.497 e. The third-order valence-electron chi connectivity index (χ3n) is 3.21. The van der Waals surface area contributed by atoms with Crippen LogP contribution in [0, 0.1) is 0 Å². The number of pyridine rings is 1. The molecule has 0 aliphatic heterocycles. The van der Waals surface area contributed by atoms with Gasteiger partial charge in [0.25, 0.3) is 0 Å². The van der Waals surface area contributed by atoms with Crippen LogP contribution in [-0.2, 0) is 6.61 Å². The topological polar surface area (TPSA) is 51.6 Å². The van der Waals surface area contributed by atoms with E-state index in [1.54, 1.807) is 19.2 Å². The molecule has 2 aromatic carbocycles. The molecule has 0 bridgehead atoms. The first-order valence-corrected chi connectivity index (χ1v) is 6.61. The minimum Gasteiger partial charge on any atom is -0.497 e. The number of benzene rings is 2. The molecule has 0 radical (unpaired) electrons. The molecule has 0 spiro atoms. The molecule has 21 heavy (non-hydrogen) atoms. The number of ether oxygens (including phenoxy) is 2. The van der Waals surface area contributed by atoms with Crippen LogP contribution in [0.4, 0.5) is 0 Å². The number of aliphatic hydroxyl groups excluding tert-OH is 1. The summed E-state index contributed by atoms with van der Waals surface area (Å²) in [6.45, 7) is -0.122. The van der Waals surface area contributed by atoms with Crippen molar-refractivity contribution in [2.45, 2.75) is 6.61 Å². The molecule has 0 aliphatic rings. The summed E-state index contributed by atoms with van der Waals surface area (Å²) in [6, 6.07) is 16.9. The Morgan fingerprint density at radius 1 is 1.00 bits per heavy atom. The lowest BCUT2D eigenvalue weighted by Crippen LogP contribution is -1.96. The quantitative estimate of drug-likeness (QED) is 0.795. The van der Waals surface area contributed by atoms with Crippen molar-refractivity contribution in [2.24, 2.45) is 0 Å². The van der Waals surface area contributed by atoms with E-state index < -0.39 is 0 Å². The molecule has 0 unspecified atom stereocenters. The Hall–Kier alpha value is -2.59. The second kappa shape index (κ2) is 5.81. The van der Waals surface area contributed by atoms with Crippen molar-refractivity contribution in [3.63, 3.8) is 0 Å². The molecule has 1 aromatic heterocycles. The highest BCUT2D eigenvalue weighted by Crippen LogP contribution is 2.28. The number of hydrogen-bond donors (Lipinski definition) is 1. The molecule has 3 rings (SSSR count). The van der Waals surface area contributed by atoms with Crippen molar-refractivity contribution in [1.82, 2.24) is 4.98 Å². The predicted octanol–water partition coefficient (Wildman–Crippen LogP) is 3.53. The van der Waals surface area contributed by atoms with Crippen LogP contribution in [0.3, 0.4) is 0 Å². The van der Waals surface area contributed by atoms with Gasteiger partial charge in [-0.05, 0) is 36.4 Å². The summed E-state index contributed by atoms with van der Waals surface area (Å²) < 4.78 is 10.9. The maximum Gasteiger partial charge on any atom is 0.225 e. The number of nitrogens with zero attached hydrogens (tertiary/aromatic N) is 1. The first-order valence-electron chi connectivity index (χ1n) is 6.61. The number of aliphatic hydroxyl groups is 1. The SMILES string of the molecule is COc1ccc(Oc2nc3ccccc3cc2CO)cc1. The summed E-state index contributed by atoms with van der Waals surface area (Å²) >= 11 is 0. The average molecular weight is 281 g/mol. The summed E-state index contributed by atoms with van der Waals surface area (Å²) in [5, 5.41) is 10.5. The lowest BCUT2D eigenvalue weighted by atomic mass is 10.1. The van der Waals surface area contributed by atoms with Crippen LogP contribution < -0.4 is 9.47 Å². The molecule has 0 saturated carbocycles. The molecule has 4 heteroatoms. The highest BCUT2D eigenvalue weighted by atomic mass is 16.5. The summed E-state index contributed by atoms with van der Waals surface area (Å²) in [7, 11) is 1.62. The van der Waals surface area contributed by atoms with Gasteiger partial charge in [0.1, 0.15) is 11.5 Å². The maximum atomic E-state index is 9.50. The fourth-order valence-electron chi connectivity index (χ4n) is 2.10. The predicted molar refractivity (Wildman–Crippen MR) is 80.7 cm³/mol. The molecule has 0 atom stereocenters. The van der Waals surface area contributed by atoms with Crippen molar-refractivity contribution in [3.05, 3.63) is 60.2 Å². The minimum absolute atomic E-state index is 0.122. The molecule has 4 nitrogen and oxygen atoms in total. The summed E-state index contributed by atoms with van der Waals surface area (Å²) in [5.74, 6) is 1.82. The van der Waals surface area contributed by atoms with E-state index in [0.717, 1.165) is 16.7 Å². The molecule has 0 saturated heterocycles. The van der Waals surface area contributed by atoms with E-state index in [-0.39, 0.29) is 6.61 Å². The molecule has 0 amide bonds. The molecular formula is C17H15NO3. The first-order chi connectivity index (χ1) is 10.3. The Morgan fingerprint density at radius 2 is 1.71 bits per heavy atom. The van der Waals surface area contributed by atoms with Crippen LogP contribution in [0.2, 0.25) is 0 Å². The third-order valence-corrected chi connectivity index (χ3v) is 3.21. The van der Waals surface area contributed by atoms with Crippen molar-refractivity contribution >= 4 is 10.9 Å². The Kier molecular flexibility index (Phi) is 3.71. The van der Waals surface area contributed by atoms with Gasteiger partial charge in [0.05, 0.1) is 19.2 Å². The number of para-hydroxylation sites is 1. The van der Waals surface area contributed by atoms with Gasteiger partial charge in [-0.25, -0.2) is 4.98 Å². The van der Waals surface area contributed by atoms with E-state index >= 15 is 0 Å². The standard InChI is InChI=1S/C17H15NO3/c1-20-14-6-8-15(9-7-14)21-17-13(11-19)10-12-4-2-3-5-16(12)18-17/h2-10,19H,11H2,1H3. The van der Waals surface area contributed by atoms with Crippen LogP contribution >= 0.6 is 0 Å². The van der Waals surface area contributed by atoms with Crippen molar-refractivity contribution in [2.75, 3.05) is 7.11 Å². The molecule has 106 valence electrons. The number of fused-ring (bicyclic) bond motifs is 1. The van der Waals surface area contributed by atoms with Gasteiger partial charge >= 0.3 is 0 Å². The zero-order valence-electron chi connectivity index (χ0n) is 11.6. The molecule has 0 aliphatic carbocycles. The third kappa shape index (κ3) is 2.80. The zero-order chi connectivity index (χ0) is 14.7. The molecule has 3 aromatic rings. The molecule has 0 fully saturated rings. The Labute approximate surface area is 122 Å². The second-order valence-corrected chi connectivity index (χ2v) is 4.58. The highest BCUT2D eigenvalue weighted by molar-refractivity contribution is 5.80. The van der Waals surface area contributed by atoms with E-state index in [1.165, 1.54) is 0 Å². The summed E-state index contributed by atoms with van der Waals surface area (Å²) in [4.78, 5) is 4.47. The van der Waals surface area contributed by atoms with Gasteiger partial charge < -0.3 is 14.6 Å². The van der Waals surface area contributed by atoms with Gasteiger partial charge in [-0.15, -0.1) is 0 Å². The lowest BCUT2D eigenvalue weighted by molar-refractivity contribution is 0.275. The summed E-state index contributed by atoms with van der Waals surface area (Å²) in [6.07, 6.45) is 0. The van der Waals surface area contributed by atoms with E-state index in [4.69, 9.17) is 9.47 Å². The van der Waals surface area contributed by atoms with Crippen LogP contribution in [0.5, 0.6) is 17.4 Å². The monoisotopic (exact) mass is 281 g/mol. The highest BCUT2D eigenvalue weighted by Gasteiger charge is 2.08. The molecule has 1 N–H and O–H groups in total. The number of hydrogen-bond acceptors (Lipinski definition) is 4. The Bertz CT molecular complexity index is 754. The van der Waals surface area contributed by atoms with Crippen molar-refractivity contribution in [3.8, 4) is 17.4 Å². The van der Waals surface area contributed by atoms with E-state index in [9.17, 15) is 5.11 Å². The van der Waals surface area contributed by atoms with Crippen molar-refractivity contribution < 1.29 is 14.6 Å². The van der Waals surface area contributed by atoms with Gasteiger partial charge in [-0.1, -0.05) is 18.2 Å². The second-order valence-electron chi connectivity index (χ2n) is 4.58. The normalized spacial score (nSPS) is 10.6. The van der Waals surface area contributed by atoms with Gasteiger partial charge in [0.2, 0.25) is 5.88 Å². The number of rotatable bonds is 4. The van der Waals surface area contributed by atoms with E-state index in [2.05, 4.69) is 4.98 Å². The van der Waals surface area contributed by atoms with Crippen LogP contribution in [0.25, 0.3) is 10.9 Å². The zero-order valence-corrected chi connectivity index (χ0v) is 11.6. The molecule has 1 heterocycles. The average Bonchev–Trinajstić information content (AvgIpc) is 2.55. The number of methoxy groups -OCH3 is 1. The first kappa shape index (κ1) is 13.4. The van der Waals surface area contributed by atoms with Gasteiger partial charge in [-0.3, -0.25) is 0 Å². The fourth-order valence-corrected chi connectivity index (χ4v) is 2.10. The Balaban J connectivity index is 1.97. The lowest BCUT2D eigenvalue weighted by Gasteiger charge is -2.10. The van der Waals surface area contributed by atoms with Gasteiger partial charge in [-0.2, -0.15) is 0 Å². The smallest absolute Gasteiger partial charge is 0.225 e. The number of aromatic nitrogens is 1. The minimum atomic E-state index is -0.122. The maximum absolute atomic E-state index is 9.50. The molecular weight excluding hydrogens is 266 g/mol. The summed E-state index contributed by atoms with van der Waals surface area (Å²) in [5.41, 5.74) is 1.49. The van der Waals surface area contributed by atoms with Crippen LogP contribution in [0.15, 0.2) is 54.6 Å². The van der Waals surface area contributed by atoms with E-state index in [0.29, 0.717) is 17.2 Å².